The molecule has 0 atom stereocenters. The van der Waals surface area contributed by atoms with Crippen molar-refractivity contribution in [3.63, 3.8) is 0 Å². The largest absolute Gasteiger partial charge is 0.309 e. The summed E-state index contributed by atoms with van der Waals surface area (Å²) in [5.74, 6) is 0. The first kappa shape index (κ1) is 27.2. The Kier molecular flexibility index (Phi) is 7.60. The Labute approximate surface area is 259 Å². The number of rotatable bonds is 7. The van der Waals surface area contributed by atoms with Crippen LogP contribution >= 0.6 is 0 Å². The summed E-state index contributed by atoms with van der Waals surface area (Å²) in [6.07, 6.45) is 6.72. The molecular formula is C43H33N. The zero-order valence-electron chi connectivity index (χ0n) is 24.8. The van der Waals surface area contributed by atoms with E-state index in [4.69, 9.17) is 0 Å². The molecular weight excluding hydrogens is 530 g/mol. The molecule has 6 aromatic carbocycles. The molecule has 0 N–H and O–H groups in total. The lowest BCUT2D eigenvalue weighted by Gasteiger charge is -2.12. The molecule has 1 nitrogen and oxygen atoms in total. The van der Waals surface area contributed by atoms with Crippen molar-refractivity contribution < 1.29 is 0 Å². The normalized spacial score (nSPS) is 11.8. The summed E-state index contributed by atoms with van der Waals surface area (Å²) in [6.45, 7) is 2.19. The molecule has 0 aliphatic rings. The lowest BCUT2D eigenvalue weighted by molar-refractivity contribution is 1.13. The summed E-state index contributed by atoms with van der Waals surface area (Å²) in [4.78, 5) is 0. The van der Waals surface area contributed by atoms with Gasteiger partial charge < -0.3 is 4.57 Å². The maximum atomic E-state index is 2.36. The van der Waals surface area contributed by atoms with Gasteiger partial charge in [-0.3, -0.25) is 0 Å². The van der Waals surface area contributed by atoms with Gasteiger partial charge in [-0.15, -0.1) is 0 Å². The van der Waals surface area contributed by atoms with Crippen LogP contribution in [0.1, 0.15) is 22.3 Å². The van der Waals surface area contributed by atoms with Crippen molar-refractivity contribution in [2.75, 3.05) is 0 Å². The quantitative estimate of drug-likeness (QED) is 0.134. The summed E-state index contributed by atoms with van der Waals surface area (Å²) in [5, 5.41) is 1.22. The second-order valence-electron chi connectivity index (χ2n) is 11.1. The van der Waals surface area contributed by atoms with Gasteiger partial charge in [0, 0.05) is 11.1 Å². The molecule has 44 heavy (non-hydrogen) atoms. The highest BCUT2D eigenvalue weighted by Gasteiger charge is 2.14. The first-order chi connectivity index (χ1) is 21.7. The first-order valence-electron chi connectivity index (χ1n) is 15.1. The van der Waals surface area contributed by atoms with Crippen molar-refractivity contribution in [2.24, 2.45) is 0 Å². The standard InChI is InChI=1S/C43H33N/c1-32-22-24-37(29-39(32)28-36(34-16-8-3-9-17-34)25-23-33-14-6-2-7-15-33)38-26-27-42-40(30-38)31-43(35-18-10-4-11-19-35)44(42)41-20-12-5-13-21-41/h2-31H,1H3/b25-23-,36-28+. The Balaban J connectivity index is 1.32. The second-order valence-corrected chi connectivity index (χ2v) is 11.1. The number of aryl methyl sites for hydroxylation is 1. The fourth-order valence-electron chi connectivity index (χ4n) is 5.82. The number of hydrogen-bond acceptors (Lipinski definition) is 0. The number of fused-ring (bicyclic) bond motifs is 1. The van der Waals surface area contributed by atoms with Crippen molar-refractivity contribution in [1.82, 2.24) is 4.57 Å². The van der Waals surface area contributed by atoms with Crippen molar-refractivity contribution >= 4 is 28.6 Å². The third-order valence-electron chi connectivity index (χ3n) is 8.17. The highest BCUT2D eigenvalue weighted by atomic mass is 15.0. The van der Waals surface area contributed by atoms with Crippen LogP contribution in [0, 0.1) is 6.92 Å². The molecule has 7 rings (SSSR count). The van der Waals surface area contributed by atoms with E-state index in [-0.39, 0.29) is 0 Å². The average molecular weight is 564 g/mol. The summed E-state index contributed by atoms with van der Waals surface area (Å²) < 4.78 is 2.36. The van der Waals surface area contributed by atoms with Gasteiger partial charge >= 0.3 is 0 Å². The predicted octanol–water partition coefficient (Wildman–Crippen LogP) is 11.5. The average Bonchev–Trinajstić information content (AvgIpc) is 3.48. The Morgan fingerprint density at radius 3 is 1.89 bits per heavy atom. The predicted molar refractivity (Wildman–Crippen MR) is 189 cm³/mol. The maximum absolute atomic E-state index is 2.36. The van der Waals surface area contributed by atoms with E-state index in [0.29, 0.717) is 0 Å². The molecule has 0 radical (unpaired) electrons. The third kappa shape index (κ3) is 5.69. The van der Waals surface area contributed by atoms with Crippen LogP contribution < -0.4 is 0 Å². The van der Waals surface area contributed by atoms with Crippen LogP contribution in [0.15, 0.2) is 170 Å². The van der Waals surface area contributed by atoms with E-state index in [1.54, 1.807) is 0 Å². The van der Waals surface area contributed by atoms with E-state index in [9.17, 15) is 0 Å². The molecule has 1 heterocycles. The molecule has 0 spiro atoms. The van der Waals surface area contributed by atoms with Gasteiger partial charge in [0.1, 0.15) is 0 Å². The Bertz CT molecular complexity index is 2080. The van der Waals surface area contributed by atoms with E-state index < -0.39 is 0 Å². The van der Waals surface area contributed by atoms with Crippen LogP contribution in [-0.2, 0) is 0 Å². The fraction of sp³-hybridized carbons (Fsp3) is 0.0233. The number of benzene rings is 6. The number of allylic oxidation sites excluding steroid dienone is 2. The van der Waals surface area contributed by atoms with Gasteiger partial charge in [-0.1, -0.05) is 140 Å². The van der Waals surface area contributed by atoms with E-state index in [1.807, 2.05) is 0 Å². The van der Waals surface area contributed by atoms with Crippen LogP contribution in [-0.4, -0.2) is 4.57 Å². The van der Waals surface area contributed by atoms with Gasteiger partial charge in [0.15, 0.2) is 0 Å². The maximum Gasteiger partial charge on any atom is 0.0540 e. The zero-order valence-corrected chi connectivity index (χ0v) is 24.8. The molecule has 0 fully saturated rings. The zero-order chi connectivity index (χ0) is 29.7. The van der Waals surface area contributed by atoms with Crippen molar-refractivity contribution in [1.29, 1.82) is 0 Å². The highest BCUT2D eigenvalue weighted by Crippen LogP contribution is 2.35. The Hall–Kier alpha value is -5.66. The minimum atomic E-state index is 1.16. The molecule has 0 aliphatic heterocycles. The van der Waals surface area contributed by atoms with Crippen molar-refractivity contribution in [3.05, 3.63) is 192 Å². The first-order valence-corrected chi connectivity index (χ1v) is 15.1. The van der Waals surface area contributed by atoms with Crippen LogP contribution in [0.2, 0.25) is 0 Å². The Morgan fingerprint density at radius 1 is 0.545 bits per heavy atom. The minimum Gasteiger partial charge on any atom is -0.309 e. The molecule has 7 aromatic rings. The van der Waals surface area contributed by atoms with Gasteiger partial charge in [0.2, 0.25) is 0 Å². The second kappa shape index (κ2) is 12.3. The van der Waals surface area contributed by atoms with Gasteiger partial charge in [-0.25, -0.2) is 0 Å². The summed E-state index contributed by atoms with van der Waals surface area (Å²) in [5.41, 5.74) is 13.2. The summed E-state index contributed by atoms with van der Waals surface area (Å²) in [7, 11) is 0. The molecule has 0 saturated carbocycles. The molecule has 0 bridgehead atoms. The van der Waals surface area contributed by atoms with Gasteiger partial charge in [0.05, 0.1) is 11.2 Å². The summed E-state index contributed by atoms with van der Waals surface area (Å²) in [6, 6.07) is 58.3. The number of para-hydroxylation sites is 1. The van der Waals surface area contributed by atoms with Crippen LogP contribution in [0.4, 0.5) is 0 Å². The van der Waals surface area contributed by atoms with Crippen molar-refractivity contribution in [2.45, 2.75) is 6.92 Å². The smallest absolute Gasteiger partial charge is 0.0540 e. The monoisotopic (exact) mass is 563 g/mol. The lowest BCUT2D eigenvalue weighted by Crippen LogP contribution is -1.96. The molecule has 210 valence electrons. The van der Waals surface area contributed by atoms with Crippen molar-refractivity contribution in [3.8, 4) is 28.1 Å². The van der Waals surface area contributed by atoms with E-state index in [0.717, 1.165) is 5.69 Å². The molecule has 0 aliphatic carbocycles. The fourth-order valence-corrected chi connectivity index (χ4v) is 5.82. The molecule has 0 amide bonds. The summed E-state index contributed by atoms with van der Waals surface area (Å²) >= 11 is 0. The molecule has 0 saturated heterocycles. The number of hydrogen-bond donors (Lipinski definition) is 0. The van der Waals surface area contributed by atoms with E-state index in [1.165, 1.54) is 61.1 Å². The van der Waals surface area contributed by atoms with Gasteiger partial charge in [-0.05, 0) is 93.9 Å². The highest BCUT2D eigenvalue weighted by molar-refractivity contribution is 5.94. The van der Waals surface area contributed by atoms with E-state index >= 15 is 0 Å². The third-order valence-corrected chi connectivity index (χ3v) is 8.17. The van der Waals surface area contributed by atoms with E-state index in [2.05, 4.69) is 194 Å². The topological polar surface area (TPSA) is 4.93 Å². The Morgan fingerprint density at radius 2 is 1.16 bits per heavy atom. The molecule has 0 unspecified atom stereocenters. The van der Waals surface area contributed by atoms with Crippen LogP contribution in [0.25, 0.3) is 56.7 Å². The lowest BCUT2D eigenvalue weighted by atomic mass is 9.95. The van der Waals surface area contributed by atoms with Crippen LogP contribution in [0.3, 0.4) is 0 Å². The molecule has 1 heteroatoms. The number of nitrogens with zero attached hydrogens (tertiary/aromatic N) is 1. The minimum absolute atomic E-state index is 1.16. The van der Waals surface area contributed by atoms with Gasteiger partial charge in [0.25, 0.3) is 0 Å². The molecule has 1 aromatic heterocycles. The SMILES string of the molecule is Cc1ccc(-c2ccc3c(c2)cc(-c2ccccc2)n3-c2ccccc2)cc1/C=C(\C=C/c1ccccc1)c1ccccc1. The van der Waals surface area contributed by atoms with Crippen LogP contribution in [0.5, 0.6) is 0 Å². The van der Waals surface area contributed by atoms with Gasteiger partial charge in [-0.2, -0.15) is 0 Å². The number of aromatic nitrogens is 1.